The Hall–Kier alpha value is -3.25. The number of rotatable bonds is 3. The monoisotopic (exact) mass is 349 g/mol. The van der Waals surface area contributed by atoms with E-state index in [0.29, 0.717) is 22.0 Å². The lowest BCUT2D eigenvalue weighted by atomic mass is 10.1. The van der Waals surface area contributed by atoms with Crippen molar-refractivity contribution in [1.29, 1.82) is 0 Å². The number of amides is 1. The lowest BCUT2D eigenvalue weighted by molar-refractivity contribution is 0.102. The Kier molecular flexibility index (Phi) is 3.87. The number of benzene rings is 2. The molecule has 0 fully saturated rings. The molecule has 2 aromatic heterocycles. The molecular weight excluding hydrogens is 338 g/mol. The Balaban J connectivity index is 1.75. The molecule has 7 heteroatoms. The van der Waals surface area contributed by atoms with Gasteiger partial charge in [0.05, 0.1) is 22.5 Å². The van der Waals surface area contributed by atoms with Crippen molar-refractivity contribution < 1.29 is 4.79 Å². The van der Waals surface area contributed by atoms with E-state index in [1.807, 2.05) is 24.3 Å². The van der Waals surface area contributed by atoms with Crippen LogP contribution in [0.15, 0.2) is 67.4 Å². The molecule has 0 aliphatic rings. The summed E-state index contributed by atoms with van der Waals surface area (Å²) in [7, 11) is 0. The molecule has 0 spiro atoms. The lowest BCUT2D eigenvalue weighted by Gasteiger charge is -2.12. The van der Waals surface area contributed by atoms with E-state index >= 15 is 0 Å². The first-order chi connectivity index (χ1) is 12.2. The molecular formula is C18H12ClN5O. The molecule has 0 unspecified atom stereocenters. The highest BCUT2D eigenvalue weighted by Gasteiger charge is 2.14. The molecule has 2 aromatic carbocycles. The van der Waals surface area contributed by atoms with Gasteiger partial charge >= 0.3 is 0 Å². The summed E-state index contributed by atoms with van der Waals surface area (Å²) in [5, 5.41) is 8.31. The van der Waals surface area contributed by atoms with Crippen molar-refractivity contribution in [2.24, 2.45) is 0 Å². The zero-order valence-electron chi connectivity index (χ0n) is 12.9. The Morgan fingerprint density at radius 2 is 2.00 bits per heavy atom. The van der Waals surface area contributed by atoms with Crippen LogP contribution in [0.5, 0.6) is 0 Å². The molecule has 0 saturated heterocycles. The average Bonchev–Trinajstić information content (AvgIpc) is 3.15. The minimum atomic E-state index is -0.248. The number of hydrogen-bond donors (Lipinski definition) is 1. The van der Waals surface area contributed by atoms with Crippen molar-refractivity contribution in [3.8, 4) is 5.69 Å². The number of para-hydroxylation sites is 1. The summed E-state index contributed by atoms with van der Waals surface area (Å²) in [6.07, 6.45) is 4.60. The Bertz CT molecular complexity index is 1060. The Morgan fingerprint density at radius 1 is 1.12 bits per heavy atom. The molecule has 0 bridgehead atoms. The van der Waals surface area contributed by atoms with Crippen LogP contribution in [0.2, 0.25) is 5.02 Å². The fourth-order valence-corrected chi connectivity index (χ4v) is 2.80. The zero-order valence-corrected chi connectivity index (χ0v) is 13.7. The second kappa shape index (κ2) is 6.33. The minimum Gasteiger partial charge on any atom is -0.320 e. The number of nitrogens with zero attached hydrogens (tertiary/aromatic N) is 4. The molecule has 1 amide bonds. The van der Waals surface area contributed by atoms with E-state index in [1.54, 1.807) is 41.5 Å². The zero-order chi connectivity index (χ0) is 17.2. The van der Waals surface area contributed by atoms with E-state index in [2.05, 4.69) is 20.4 Å². The highest BCUT2D eigenvalue weighted by molar-refractivity contribution is 6.31. The molecule has 0 saturated carbocycles. The van der Waals surface area contributed by atoms with Crippen LogP contribution in [0, 0.1) is 0 Å². The normalized spacial score (nSPS) is 10.8. The molecule has 4 aromatic rings. The molecule has 2 heterocycles. The van der Waals surface area contributed by atoms with Gasteiger partial charge in [0.25, 0.3) is 5.91 Å². The highest BCUT2D eigenvalue weighted by Crippen LogP contribution is 2.25. The summed E-state index contributed by atoms with van der Waals surface area (Å²) in [5.41, 5.74) is 2.52. The average molecular weight is 350 g/mol. The van der Waals surface area contributed by atoms with Crippen LogP contribution >= 0.6 is 11.6 Å². The maximum atomic E-state index is 12.8. The van der Waals surface area contributed by atoms with E-state index in [-0.39, 0.29) is 5.91 Å². The summed E-state index contributed by atoms with van der Waals surface area (Å²) in [6, 6.07) is 14.4. The molecule has 0 aliphatic carbocycles. The molecule has 1 N–H and O–H groups in total. The van der Waals surface area contributed by atoms with Gasteiger partial charge in [-0.25, -0.2) is 9.67 Å². The Morgan fingerprint density at radius 3 is 2.84 bits per heavy atom. The quantitative estimate of drug-likeness (QED) is 0.611. The van der Waals surface area contributed by atoms with Crippen LogP contribution in [-0.4, -0.2) is 25.7 Å². The van der Waals surface area contributed by atoms with Crippen molar-refractivity contribution >= 4 is 34.1 Å². The third-order valence-electron chi connectivity index (χ3n) is 3.77. The van der Waals surface area contributed by atoms with Crippen LogP contribution in [-0.2, 0) is 0 Å². The molecule has 4 rings (SSSR count). The maximum absolute atomic E-state index is 12.8. The third-order valence-corrected chi connectivity index (χ3v) is 4.00. The fraction of sp³-hybridized carbons (Fsp3) is 0. The van der Waals surface area contributed by atoms with Gasteiger partial charge in [0.2, 0.25) is 0 Å². The van der Waals surface area contributed by atoms with Gasteiger partial charge in [0.1, 0.15) is 12.7 Å². The smallest absolute Gasteiger partial charge is 0.256 e. The topological polar surface area (TPSA) is 72.7 Å². The van der Waals surface area contributed by atoms with Gasteiger partial charge in [-0.2, -0.15) is 5.10 Å². The first kappa shape index (κ1) is 15.3. The van der Waals surface area contributed by atoms with Gasteiger partial charge < -0.3 is 5.32 Å². The van der Waals surface area contributed by atoms with E-state index in [4.69, 9.17) is 11.6 Å². The summed E-state index contributed by atoms with van der Waals surface area (Å²) < 4.78 is 1.57. The fourth-order valence-electron chi connectivity index (χ4n) is 2.62. The van der Waals surface area contributed by atoms with Crippen molar-refractivity contribution in [2.45, 2.75) is 0 Å². The van der Waals surface area contributed by atoms with E-state index in [1.165, 1.54) is 6.33 Å². The number of fused-ring (bicyclic) bond motifs is 1. The summed E-state index contributed by atoms with van der Waals surface area (Å²) >= 11 is 6.10. The largest absolute Gasteiger partial charge is 0.320 e. The maximum Gasteiger partial charge on any atom is 0.256 e. The number of hydrogen-bond acceptors (Lipinski definition) is 4. The first-order valence-corrected chi connectivity index (χ1v) is 7.90. The number of carbonyl (C=O) groups is 1. The van der Waals surface area contributed by atoms with Gasteiger partial charge in [0, 0.05) is 16.6 Å². The van der Waals surface area contributed by atoms with Crippen LogP contribution in [0.3, 0.4) is 0 Å². The lowest BCUT2D eigenvalue weighted by Crippen LogP contribution is -2.14. The van der Waals surface area contributed by atoms with Crippen LogP contribution in [0.1, 0.15) is 10.4 Å². The molecule has 0 radical (unpaired) electrons. The number of halogens is 1. The first-order valence-electron chi connectivity index (χ1n) is 7.52. The number of carbonyl (C=O) groups excluding carboxylic acids is 1. The van der Waals surface area contributed by atoms with Crippen molar-refractivity contribution in [2.75, 3.05) is 5.32 Å². The molecule has 6 nitrogen and oxygen atoms in total. The van der Waals surface area contributed by atoms with E-state index in [0.717, 1.165) is 10.9 Å². The van der Waals surface area contributed by atoms with Gasteiger partial charge in [-0.1, -0.05) is 29.8 Å². The molecule has 0 atom stereocenters. The number of pyridine rings is 1. The number of anilines is 1. The number of nitrogens with one attached hydrogen (secondary N) is 1. The van der Waals surface area contributed by atoms with Crippen molar-refractivity contribution in [1.82, 2.24) is 19.7 Å². The van der Waals surface area contributed by atoms with Crippen LogP contribution in [0.25, 0.3) is 16.6 Å². The van der Waals surface area contributed by atoms with Gasteiger partial charge in [-0.3, -0.25) is 9.78 Å². The molecule has 122 valence electrons. The highest BCUT2D eigenvalue weighted by atomic mass is 35.5. The molecule has 25 heavy (non-hydrogen) atoms. The van der Waals surface area contributed by atoms with E-state index < -0.39 is 0 Å². The predicted octanol–water partition coefficient (Wildman–Crippen LogP) is 3.72. The number of aromatic nitrogens is 4. The second-order valence-electron chi connectivity index (χ2n) is 5.33. The van der Waals surface area contributed by atoms with Gasteiger partial charge in [-0.15, -0.1) is 0 Å². The minimum absolute atomic E-state index is 0.248. The van der Waals surface area contributed by atoms with Gasteiger partial charge in [0.15, 0.2) is 0 Å². The van der Waals surface area contributed by atoms with Crippen molar-refractivity contribution in [3.05, 3.63) is 78.0 Å². The van der Waals surface area contributed by atoms with Crippen LogP contribution < -0.4 is 5.32 Å². The van der Waals surface area contributed by atoms with Crippen molar-refractivity contribution in [3.63, 3.8) is 0 Å². The summed E-state index contributed by atoms with van der Waals surface area (Å²) in [6.45, 7) is 0. The SMILES string of the molecule is O=C(Nc1cc(Cl)ccc1-n1cncn1)c1ccnc2ccccc12. The second-order valence-corrected chi connectivity index (χ2v) is 5.77. The Labute approximate surface area is 148 Å². The van der Waals surface area contributed by atoms with Gasteiger partial charge in [-0.05, 0) is 30.3 Å². The summed E-state index contributed by atoms with van der Waals surface area (Å²) in [4.78, 5) is 21.1. The third kappa shape index (κ3) is 2.95. The van der Waals surface area contributed by atoms with Crippen LogP contribution in [0.4, 0.5) is 5.69 Å². The molecule has 0 aliphatic heterocycles. The standard InChI is InChI=1S/C18H12ClN5O/c19-12-5-6-17(24-11-20-10-22-24)16(9-12)23-18(25)14-7-8-21-15-4-2-1-3-13(14)15/h1-11H,(H,23,25). The summed E-state index contributed by atoms with van der Waals surface area (Å²) in [5.74, 6) is -0.248. The predicted molar refractivity (Wildman–Crippen MR) is 96.1 cm³/mol. The van der Waals surface area contributed by atoms with E-state index in [9.17, 15) is 4.79 Å².